The zero-order valence-corrected chi connectivity index (χ0v) is 18.9. The van der Waals surface area contributed by atoms with Crippen LogP contribution in [0.2, 0.25) is 0 Å². The number of para-hydroxylation sites is 1. The van der Waals surface area contributed by atoms with E-state index in [1.807, 2.05) is 41.9 Å². The largest absolute Gasteiger partial charge is 0.282 e. The van der Waals surface area contributed by atoms with Crippen LogP contribution in [0.5, 0.6) is 0 Å². The highest BCUT2D eigenvalue weighted by Gasteiger charge is 2.09. The zero-order chi connectivity index (χ0) is 20.7. The molecule has 0 unspecified atom stereocenters. The molecule has 1 aromatic heterocycles. The van der Waals surface area contributed by atoms with Gasteiger partial charge in [0.15, 0.2) is 0 Å². The minimum absolute atomic E-state index is 0.0686. The van der Waals surface area contributed by atoms with Crippen molar-refractivity contribution in [1.29, 1.82) is 0 Å². The Kier molecular flexibility index (Phi) is 11.6. The summed E-state index contributed by atoms with van der Waals surface area (Å²) in [4.78, 5) is 12.4. The summed E-state index contributed by atoms with van der Waals surface area (Å²) in [6.07, 6.45) is 19.2. The van der Waals surface area contributed by atoms with E-state index in [1.54, 1.807) is 6.07 Å². The van der Waals surface area contributed by atoms with Gasteiger partial charge in [-0.05, 0) is 25.5 Å². The van der Waals surface area contributed by atoms with E-state index in [1.165, 1.54) is 83.5 Å². The van der Waals surface area contributed by atoms with Crippen molar-refractivity contribution >= 4 is 0 Å². The lowest BCUT2D eigenvalue weighted by Gasteiger charge is -2.13. The molecule has 2 aromatic rings. The van der Waals surface area contributed by atoms with E-state index in [9.17, 15) is 4.79 Å². The van der Waals surface area contributed by atoms with Gasteiger partial charge in [-0.25, -0.2) is 4.68 Å². The quantitative estimate of drug-likeness (QED) is 0.270. The fourth-order valence-electron chi connectivity index (χ4n) is 4.16. The lowest BCUT2D eigenvalue weighted by molar-refractivity contribution is 0.478. The second-order valence-electron chi connectivity index (χ2n) is 8.49. The van der Waals surface area contributed by atoms with E-state index in [0.29, 0.717) is 0 Å². The van der Waals surface area contributed by atoms with Crippen molar-refractivity contribution in [1.82, 2.24) is 9.36 Å². The van der Waals surface area contributed by atoms with Crippen molar-refractivity contribution in [2.45, 2.75) is 110 Å². The molecule has 0 spiro atoms. The number of unbranched alkanes of at least 4 members (excludes halogenated alkanes) is 13. The predicted molar refractivity (Wildman–Crippen MR) is 125 cm³/mol. The van der Waals surface area contributed by atoms with Crippen LogP contribution in [0.25, 0.3) is 5.69 Å². The molecule has 3 nitrogen and oxygen atoms in total. The molecule has 29 heavy (non-hydrogen) atoms. The van der Waals surface area contributed by atoms with E-state index in [4.69, 9.17) is 0 Å². The summed E-state index contributed by atoms with van der Waals surface area (Å²) in [5, 5.41) is 0. The van der Waals surface area contributed by atoms with Gasteiger partial charge in [-0.3, -0.25) is 9.48 Å². The van der Waals surface area contributed by atoms with Crippen LogP contribution in [0, 0.1) is 6.92 Å². The molecular weight excluding hydrogens is 356 g/mol. The SMILES string of the molecule is CCCCCCCCCCCCCCCCn1c(C)cc(=O)n1-c1ccccc1. The second kappa shape index (κ2) is 14.3. The number of aryl methyl sites for hydroxylation is 1. The zero-order valence-electron chi connectivity index (χ0n) is 18.9. The molecule has 1 aromatic carbocycles. The molecule has 0 aliphatic carbocycles. The van der Waals surface area contributed by atoms with Crippen LogP contribution in [0.3, 0.4) is 0 Å². The number of aromatic nitrogens is 2. The summed E-state index contributed by atoms with van der Waals surface area (Å²) in [7, 11) is 0. The van der Waals surface area contributed by atoms with E-state index in [2.05, 4.69) is 11.6 Å². The van der Waals surface area contributed by atoms with Gasteiger partial charge < -0.3 is 0 Å². The second-order valence-corrected chi connectivity index (χ2v) is 8.49. The van der Waals surface area contributed by atoms with Crippen molar-refractivity contribution in [3.05, 3.63) is 52.4 Å². The third-order valence-corrected chi connectivity index (χ3v) is 5.91. The molecular formula is C26H42N2O. The Bertz CT molecular complexity index is 714. The first kappa shape index (κ1) is 23.5. The molecule has 162 valence electrons. The van der Waals surface area contributed by atoms with Crippen LogP contribution in [0.4, 0.5) is 0 Å². The first-order valence-corrected chi connectivity index (χ1v) is 12.1. The molecule has 0 aliphatic heterocycles. The van der Waals surface area contributed by atoms with Gasteiger partial charge in [0, 0.05) is 18.3 Å². The van der Waals surface area contributed by atoms with Crippen LogP contribution in [-0.4, -0.2) is 9.36 Å². The minimum atomic E-state index is 0.0686. The summed E-state index contributed by atoms with van der Waals surface area (Å²) in [6, 6.07) is 11.7. The maximum Gasteiger partial charge on any atom is 0.271 e. The third-order valence-electron chi connectivity index (χ3n) is 5.91. The average molecular weight is 399 g/mol. The topological polar surface area (TPSA) is 26.9 Å². The normalized spacial score (nSPS) is 11.2. The van der Waals surface area contributed by atoms with Crippen LogP contribution in [0.15, 0.2) is 41.2 Å². The summed E-state index contributed by atoms with van der Waals surface area (Å²) < 4.78 is 3.95. The molecule has 0 saturated heterocycles. The Labute approximate surface area is 178 Å². The lowest BCUT2D eigenvalue weighted by Crippen LogP contribution is -2.21. The minimum Gasteiger partial charge on any atom is -0.282 e. The van der Waals surface area contributed by atoms with Gasteiger partial charge >= 0.3 is 0 Å². The molecule has 0 aliphatic rings. The lowest BCUT2D eigenvalue weighted by atomic mass is 10.0. The highest BCUT2D eigenvalue weighted by atomic mass is 16.1. The fourth-order valence-corrected chi connectivity index (χ4v) is 4.16. The molecule has 0 amide bonds. The monoisotopic (exact) mass is 398 g/mol. The van der Waals surface area contributed by atoms with Gasteiger partial charge in [-0.15, -0.1) is 0 Å². The fraction of sp³-hybridized carbons (Fsp3) is 0.654. The Morgan fingerprint density at radius 1 is 0.690 bits per heavy atom. The van der Waals surface area contributed by atoms with Crippen molar-refractivity contribution in [2.75, 3.05) is 0 Å². The molecule has 0 saturated carbocycles. The third kappa shape index (κ3) is 8.64. The van der Waals surface area contributed by atoms with Gasteiger partial charge in [-0.2, -0.15) is 0 Å². The predicted octanol–water partition coefficient (Wildman–Crippen LogP) is 7.43. The number of benzene rings is 1. The van der Waals surface area contributed by atoms with Crippen molar-refractivity contribution < 1.29 is 0 Å². The average Bonchev–Trinajstić information content (AvgIpc) is 3.01. The van der Waals surface area contributed by atoms with Crippen molar-refractivity contribution in [2.24, 2.45) is 0 Å². The first-order valence-electron chi connectivity index (χ1n) is 12.1. The molecule has 0 radical (unpaired) electrons. The summed E-state index contributed by atoms with van der Waals surface area (Å²) in [6.45, 7) is 5.23. The van der Waals surface area contributed by atoms with Crippen LogP contribution >= 0.6 is 0 Å². The van der Waals surface area contributed by atoms with Gasteiger partial charge in [0.05, 0.1) is 5.69 Å². The Balaban J connectivity index is 1.55. The van der Waals surface area contributed by atoms with Crippen LogP contribution < -0.4 is 5.56 Å². The number of nitrogens with zero attached hydrogens (tertiary/aromatic N) is 2. The van der Waals surface area contributed by atoms with E-state index < -0.39 is 0 Å². The van der Waals surface area contributed by atoms with E-state index >= 15 is 0 Å². The van der Waals surface area contributed by atoms with Gasteiger partial charge in [0.25, 0.3) is 5.56 Å². The molecule has 0 N–H and O–H groups in total. The highest BCUT2D eigenvalue weighted by molar-refractivity contribution is 5.31. The number of hydrogen-bond donors (Lipinski definition) is 0. The summed E-state index contributed by atoms with van der Waals surface area (Å²) in [5.74, 6) is 0. The Morgan fingerprint density at radius 2 is 1.17 bits per heavy atom. The molecule has 0 atom stereocenters. The maximum atomic E-state index is 12.4. The van der Waals surface area contributed by atoms with Gasteiger partial charge in [-0.1, -0.05) is 109 Å². The molecule has 0 fully saturated rings. The van der Waals surface area contributed by atoms with Crippen molar-refractivity contribution in [3.63, 3.8) is 0 Å². The van der Waals surface area contributed by atoms with Gasteiger partial charge in [0.1, 0.15) is 0 Å². The Morgan fingerprint density at radius 3 is 1.69 bits per heavy atom. The molecule has 3 heteroatoms. The number of rotatable bonds is 16. The number of hydrogen-bond acceptors (Lipinski definition) is 1. The standard InChI is InChI=1S/C26H42N2O/c1-3-4-5-6-7-8-9-10-11-12-13-14-15-19-22-27-24(2)23-26(29)28(27)25-20-17-16-18-21-25/h16-18,20-21,23H,3-15,19,22H2,1-2H3. The van der Waals surface area contributed by atoms with E-state index in [-0.39, 0.29) is 5.56 Å². The molecule has 2 rings (SSSR count). The molecule has 1 heterocycles. The smallest absolute Gasteiger partial charge is 0.271 e. The van der Waals surface area contributed by atoms with Crippen LogP contribution in [0.1, 0.15) is 103 Å². The van der Waals surface area contributed by atoms with E-state index in [0.717, 1.165) is 24.3 Å². The first-order chi connectivity index (χ1) is 14.2. The van der Waals surface area contributed by atoms with Gasteiger partial charge in [0.2, 0.25) is 0 Å². The maximum absolute atomic E-state index is 12.4. The molecule has 0 bridgehead atoms. The Hall–Kier alpha value is -1.77. The summed E-state index contributed by atoms with van der Waals surface area (Å²) >= 11 is 0. The highest BCUT2D eigenvalue weighted by Crippen LogP contribution is 2.14. The van der Waals surface area contributed by atoms with Crippen LogP contribution in [-0.2, 0) is 6.54 Å². The van der Waals surface area contributed by atoms with Crippen molar-refractivity contribution in [3.8, 4) is 5.69 Å². The summed E-state index contributed by atoms with van der Waals surface area (Å²) in [5.41, 5.74) is 2.07.